The molecule has 2 aromatic heterocycles. The number of hydrogen-bond acceptors (Lipinski definition) is 6. The standard InChI is InChI=1S/C42H56N6O4/c1-37(2,39(5,6)51)35(49)47-31(41(9)19-20-41)33-43-23-29(45-33)27-15-11-25(12-16-27)26-13-17-28(18-14-26)30-24-44-34(46-30)32(42(10)21-22-42)48-36(50)38(3,4)40(7,8)52/h11-18,23-24,31-32,51-52H,19-22H2,1-10H3,(H,43,45)(H,44,46)(H,47,49)(H,48,50)/t31-,32-/m1/s1. The van der Waals surface area contributed by atoms with E-state index in [9.17, 15) is 19.8 Å². The second kappa shape index (κ2) is 12.7. The summed E-state index contributed by atoms with van der Waals surface area (Å²) in [7, 11) is 0. The van der Waals surface area contributed by atoms with Crippen molar-refractivity contribution in [2.24, 2.45) is 21.7 Å². The Morgan fingerprint density at radius 1 is 0.596 bits per heavy atom. The van der Waals surface area contributed by atoms with Crippen molar-refractivity contribution in [1.29, 1.82) is 0 Å². The van der Waals surface area contributed by atoms with E-state index in [2.05, 4.69) is 83.0 Å². The number of aromatic amines is 2. The molecule has 0 saturated heterocycles. The summed E-state index contributed by atoms with van der Waals surface area (Å²) in [6.45, 7) is 18.0. The lowest BCUT2D eigenvalue weighted by atomic mass is 9.76. The van der Waals surface area contributed by atoms with Crippen LogP contribution in [0.5, 0.6) is 0 Å². The van der Waals surface area contributed by atoms with E-state index in [-0.39, 0.29) is 34.7 Å². The van der Waals surface area contributed by atoms with E-state index < -0.39 is 22.0 Å². The van der Waals surface area contributed by atoms with Crippen molar-refractivity contribution < 1.29 is 19.8 Å². The highest BCUT2D eigenvalue weighted by molar-refractivity contribution is 5.84. The summed E-state index contributed by atoms with van der Waals surface area (Å²) in [6, 6.07) is 16.1. The van der Waals surface area contributed by atoms with Gasteiger partial charge in [0.2, 0.25) is 11.8 Å². The Kier molecular flexibility index (Phi) is 9.15. The van der Waals surface area contributed by atoms with E-state index in [0.717, 1.165) is 71.0 Å². The summed E-state index contributed by atoms with van der Waals surface area (Å²) in [4.78, 5) is 43.0. The molecule has 0 spiro atoms. The van der Waals surface area contributed by atoms with Gasteiger partial charge in [0.25, 0.3) is 0 Å². The first-order chi connectivity index (χ1) is 24.1. The average Bonchev–Trinajstić information content (AvgIpc) is 3.85. The minimum atomic E-state index is -1.18. The number of H-pyrrole nitrogens is 2. The van der Waals surface area contributed by atoms with Crippen LogP contribution in [0.3, 0.4) is 0 Å². The fraction of sp³-hybridized carbons (Fsp3) is 0.524. The van der Waals surface area contributed by atoms with E-state index >= 15 is 0 Å². The Morgan fingerprint density at radius 3 is 1.15 bits per heavy atom. The third-order valence-corrected chi connectivity index (χ3v) is 12.7. The van der Waals surface area contributed by atoms with Crippen LogP contribution < -0.4 is 10.6 Å². The molecule has 0 unspecified atom stereocenters. The molecule has 2 amide bonds. The Morgan fingerprint density at radius 2 is 0.885 bits per heavy atom. The highest BCUT2D eigenvalue weighted by Crippen LogP contribution is 2.55. The second-order valence-corrected chi connectivity index (χ2v) is 18.0. The predicted octanol–water partition coefficient (Wildman–Crippen LogP) is 7.64. The minimum absolute atomic E-state index is 0.0871. The predicted molar refractivity (Wildman–Crippen MR) is 204 cm³/mol. The molecule has 4 aromatic rings. The summed E-state index contributed by atoms with van der Waals surface area (Å²) in [6.07, 6.45) is 7.61. The SMILES string of the molecule is CC1([C@H](NC(=O)C(C)(C)C(C)(C)O)c2ncc(-c3ccc(-c4ccc(-c5cnc([C@@H](NC(=O)C(C)(C)C(C)(C)O)C6(C)CC6)[nH]5)cc4)cc3)[nH]2)CC1. The topological polar surface area (TPSA) is 156 Å². The molecule has 10 nitrogen and oxygen atoms in total. The molecule has 6 N–H and O–H groups in total. The van der Waals surface area contributed by atoms with Crippen LogP contribution in [0.1, 0.15) is 119 Å². The normalized spacial score (nSPS) is 18.0. The number of carbonyl (C=O) groups is 2. The van der Waals surface area contributed by atoms with Crippen molar-refractivity contribution in [2.45, 2.75) is 118 Å². The molecule has 2 atom stereocenters. The summed E-state index contributed by atoms with van der Waals surface area (Å²) in [5.41, 5.74) is 1.38. The van der Waals surface area contributed by atoms with Crippen LogP contribution in [0.4, 0.5) is 0 Å². The molecule has 2 fully saturated rings. The Labute approximate surface area is 307 Å². The van der Waals surface area contributed by atoms with Gasteiger partial charge in [0, 0.05) is 0 Å². The maximum absolute atomic E-state index is 13.3. The smallest absolute Gasteiger partial charge is 0.229 e. The van der Waals surface area contributed by atoms with E-state index in [1.54, 1.807) is 55.4 Å². The summed E-state index contributed by atoms with van der Waals surface area (Å²) in [5.74, 6) is 1.03. The number of nitrogens with zero attached hydrogens (tertiary/aromatic N) is 2. The lowest BCUT2D eigenvalue weighted by molar-refractivity contribution is -0.144. The Bertz CT molecular complexity index is 1790. The van der Waals surface area contributed by atoms with Gasteiger partial charge in [-0.2, -0.15) is 0 Å². The first kappa shape index (κ1) is 37.5. The van der Waals surface area contributed by atoms with Gasteiger partial charge in [-0.1, -0.05) is 62.4 Å². The van der Waals surface area contributed by atoms with Crippen molar-refractivity contribution in [3.8, 4) is 33.6 Å². The molecular formula is C42H56N6O4. The molecule has 0 aliphatic heterocycles. The molecule has 2 aromatic carbocycles. The van der Waals surface area contributed by atoms with Gasteiger partial charge in [-0.25, -0.2) is 9.97 Å². The van der Waals surface area contributed by atoms with Gasteiger partial charge in [0.15, 0.2) is 0 Å². The molecule has 278 valence electrons. The number of rotatable bonds is 13. The largest absolute Gasteiger partial charge is 0.389 e. The highest BCUT2D eigenvalue weighted by Gasteiger charge is 2.52. The van der Waals surface area contributed by atoms with Crippen LogP contribution in [-0.4, -0.2) is 53.2 Å². The molecule has 10 heteroatoms. The maximum atomic E-state index is 13.3. The fourth-order valence-corrected chi connectivity index (χ4v) is 6.24. The van der Waals surface area contributed by atoms with Crippen molar-refractivity contribution >= 4 is 11.8 Å². The van der Waals surface area contributed by atoms with Crippen LogP contribution >= 0.6 is 0 Å². The number of benzene rings is 2. The molecule has 0 radical (unpaired) electrons. The number of aliphatic hydroxyl groups is 2. The molecule has 2 aliphatic rings. The van der Waals surface area contributed by atoms with Gasteiger partial charge in [-0.05, 0) is 114 Å². The molecule has 0 bridgehead atoms. The lowest BCUT2D eigenvalue weighted by Gasteiger charge is -2.37. The molecule has 2 saturated carbocycles. The van der Waals surface area contributed by atoms with E-state index in [4.69, 9.17) is 9.97 Å². The van der Waals surface area contributed by atoms with Gasteiger partial charge in [0.1, 0.15) is 11.6 Å². The monoisotopic (exact) mass is 708 g/mol. The van der Waals surface area contributed by atoms with Gasteiger partial charge < -0.3 is 30.8 Å². The molecule has 2 heterocycles. The zero-order valence-corrected chi connectivity index (χ0v) is 32.4. The maximum Gasteiger partial charge on any atom is 0.229 e. The van der Waals surface area contributed by atoms with Crippen LogP contribution in [-0.2, 0) is 9.59 Å². The quantitative estimate of drug-likeness (QED) is 0.0839. The Hall–Kier alpha value is -4.28. The number of amides is 2. The molecular weight excluding hydrogens is 652 g/mol. The van der Waals surface area contributed by atoms with Crippen LogP contribution in [0.25, 0.3) is 33.6 Å². The lowest BCUT2D eigenvalue weighted by Crippen LogP contribution is -2.52. The number of nitrogens with one attached hydrogen (secondary N) is 4. The zero-order chi connectivity index (χ0) is 38.1. The second-order valence-electron chi connectivity index (χ2n) is 18.0. The fourth-order valence-electron chi connectivity index (χ4n) is 6.24. The van der Waals surface area contributed by atoms with Crippen LogP contribution in [0.2, 0.25) is 0 Å². The van der Waals surface area contributed by atoms with E-state index in [0.29, 0.717) is 0 Å². The van der Waals surface area contributed by atoms with Gasteiger partial charge in [0.05, 0.1) is 57.9 Å². The average molecular weight is 709 g/mol. The van der Waals surface area contributed by atoms with Gasteiger partial charge in [-0.3, -0.25) is 9.59 Å². The zero-order valence-electron chi connectivity index (χ0n) is 32.4. The number of hydrogen-bond donors (Lipinski definition) is 6. The van der Waals surface area contributed by atoms with Crippen molar-refractivity contribution in [2.75, 3.05) is 0 Å². The van der Waals surface area contributed by atoms with Crippen molar-refractivity contribution in [1.82, 2.24) is 30.6 Å². The third kappa shape index (κ3) is 7.07. The van der Waals surface area contributed by atoms with Gasteiger partial charge >= 0.3 is 0 Å². The first-order valence-electron chi connectivity index (χ1n) is 18.4. The van der Waals surface area contributed by atoms with E-state index in [1.807, 2.05) is 12.4 Å². The molecule has 52 heavy (non-hydrogen) atoms. The first-order valence-corrected chi connectivity index (χ1v) is 18.4. The van der Waals surface area contributed by atoms with Crippen molar-refractivity contribution in [3.05, 3.63) is 72.6 Å². The summed E-state index contributed by atoms with van der Waals surface area (Å²) < 4.78 is 0. The Balaban J connectivity index is 1.15. The molecule has 6 rings (SSSR count). The summed E-state index contributed by atoms with van der Waals surface area (Å²) in [5, 5.41) is 27.7. The van der Waals surface area contributed by atoms with Crippen molar-refractivity contribution in [3.63, 3.8) is 0 Å². The number of aromatic nitrogens is 4. The molecule has 2 aliphatic carbocycles. The van der Waals surface area contributed by atoms with Gasteiger partial charge in [-0.15, -0.1) is 0 Å². The third-order valence-electron chi connectivity index (χ3n) is 12.7. The number of imidazole rings is 2. The van der Waals surface area contributed by atoms with Crippen LogP contribution in [0.15, 0.2) is 60.9 Å². The van der Waals surface area contributed by atoms with E-state index in [1.165, 1.54) is 0 Å². The van der Waals surface area contributed by atoms with Crippen LogP contribution in [0, 0.1) is 21.7 Å². The minimum Gasteiger partial charge on any atom is -0.389 e. The number of carbonyl (C=O) groups excluding carboxylic acids is 2. The summed E-state index contributed by atoms with van der Waals surface area (Å²) >= 11 is 0. The highest BCUT2D eigenvalue weighted by atomic mass is 16.3.